The van der Waals surface area contributed by atoms with Gasteiger partial charge in [-0.15, -0.1) is 11.3 Å². The van der Waals surface area contributed by atoms with Crippen molar-refractivity contribution in [3.05, 3.63) is 38.7 Å². The summed E-state index contributed by atoms with van der Waals surface area (Å²) in [5.41, 5.74) is -0.0421. The fourth-order valence-electron chi connectivity index (χ4n) is 1.30. The number of hydrogen-bond donors (Lipinski definition) is 3. The lowest BCUT2D eigenvalue weighted by Gasteiger charge is -2.03. The van der Waals surface area contributed by atoms with Crippen LogP contribution in [-0.4, -0.2) is 29.0 Å². The summed E-state index contributed by atoms with van der Waals surface area (Å²) in [5.74, 6) is -1.04. The van der Waals surface area contributed by atoms with Gasteiger partial charge in [0.2, 0.25) is 0 Å². The number of amides is 1. The van der Waals surface area contributed by atoms with Crippen LogP contribution in [0.2, 0.25) is 0 Å². The number of carbonyl (C=O) groups is 2. The number of thiophene rings is 1. The van der Waals surface area contributed by atoms with Crippen LogP contribution >= 0.6 is 11.3 Å². The molecule has 0 radical (unpaired) electrons. The minimum atomic E-state index is -0.525. The van der Waals surface area contributed by atoms with Crippen molar-refractivity contribution in [3.8, 4) is 0 Å². The molecular weight excluding hydrogens is 258 g/mol. The first-order valence-electron chi connectivity index (χ1n) is 4.86. The fourth-order valence-corrected chi connectivity index (χ4v) is 2.07. The molecule has 94 valence electrons. The van der Waals surface area contributed by atoms with Gasteiger partial charge in [-0.05, 0) is 11.4 Å². The maximum absolute atomic E-state index is 11.7. The van der Waals surface area contributed by atoms with Crippen LogP contribution < -0.4 is 11.0 Å². The third-order valence-electron chi connectivity index (χ3n) is 2.12. The van der Waals surface area contributed by atoms with Gasteiger partial charge in [0.05, 0.1) is 12.8 Å². The normalized spacial score (nSPS) is 10.1. The van der Waals surface area contributed by atoms with Crippen molar-refractivity contribution in [2.75, 3.05) is 12.4 Å². The number of methoxy groups -OCH3 is 1. The van der Waals surface area contributed by atoms with E-state index in [1.54, 1.807) is 11.4 Å². The lowest BCUT2D eigenvalue weighted by atomic mass is 10.3. The number of ether oxygens (including phenoxy) is 1. The predicted molar refractivity (Wildman–Crippen MR) is 65.0 cm³/mol. The molecule has 0 aliphatic carbocycles. The largest absolute Gasteiger partial charge is 0.465 e. The first-order valence-corrected chi connectivity index (χ1v) is 5.74. The molecule has 2 aromatic rings. The quantitative estimate of drug-likeness (QED) is 0.715. The van der Waals surface area contributed by atoms with Crippen LogP contribution in [-0.2, 0) is 4.74 Å². The highest BCUT2D eigenvalue weighted by Gasteiger charge is 2.16. The Balaban J connectivity index is 2.20. The molecular formula is C10H9N3O4S. The Morgan fingerprint density at radius 1 is 1.44 bits per heavy atom. The van der Waals surface area contributed by atoms with E-state index in [1.165, 1.54) is 13.3 Å². The average molecular weight is 267 g/mol. The number of carbonyl (C=O) groups excluding carboxylic acids is 2. The molecule has 0 unspecified atom stereocenters. The number of rotatable bonds is 3. The Hall–Kier alpha value is -2.35. The van der Waals surface area contributed by atoms with E-state index in [4.69, 9.17) is 0 Å². The van der Waals surface area contributed by atoms with Gasteiger partial charge in [-0.25, -0.2) is 9.59 Å². The van der Waals surface area contributed by atoms with E-state index in [2.05, 4.69) is 20.0 Å². The topological polar surface area (TPSA) is 104 Å². The molecule has 1 amide bonds. The molecule has 0 fully saturated rings. The van der Waals surface area contributed by atoms with Crippen molar-refractivity contribution >= 4 is 28.9 Å². The molecule has 0 saturated heterocycles. The Bertz CT molecular complexity index is 639. The first kappa shape index (κ1) is 12.1. The highest BCUT2D eigenvalue weighted by molar-refractivity contribution is 7.12. The molecule has 0 aromatic carbocycles. The van der Waals surface area contributed by atoms with E-state index in [1.807, 2.05) is 0 Å². The number of hydrogen-bond acceptors (Lipinski definition) is 5. The van der Waals surface area contributed by atoms with Gasteiger partial charge in [-0.3, -0.25) is 4.79 Å². The smallest absolute Gasteiger partial charge is 0.350 e. The van der Waals surface area contributed by atoms with Gasteiger partial charge in [-0.1, -0.05) is 0 Å². The molecule has 18 heavy (non-hydrogen) atoms. The zero-order valence-corrected chi connectivity index (χ0v) is 10.1. The van der Waals surface area contributed by atoms with Crippen molar-refractivity contribution in [2.45, 2.75) is 0 Å². The first-order chi connectivity index (χ1) is 8.61. The molecule has 0 aliphatic heterocycles. The highest BCUT2D eigenvalue weighted by atomic mass is 32.1. The van der Waals surface area contributed by atoms with Crippen molar-refractivity contribution < 1.29 is 14.3 Å². The second-order valence-electron chi connectivity index (χ2n) is 3.27. The number of nitrogens with one attached hydrogen (secondary N) is 3. The van der Waals surface area contributed by atoms with E-state index in [0.717, 1.165) is 11.3 Å². The number of aromatic amines is 2. The second kappa shape index (κ2) is 4.88. The monoisotopic (exact) mass is 267 g/mol. The average Bonchev–Trinajstić information content (AvgIpc) is 2.97. The fraction of sp³-hybridized carbons (Fsp3) is 0.100. The SMILES string of the molecule is COC(=O)c1sccc1NC(=O)c1c[nH]c(=O)[nH]1. The summed E-state index contributed by atoms with van der Waals surface area (Å²) < 4.78 is 4.58. The molecule has 2 rings (SSSR count). The molecule has 0 bridgehead atoms. The van der Waals surface area contributed by atoms with E-state index in [-0.39, 0.29) is 5.69 Å². The molecule has 2 aromatic heterocycles. The van der Waals surface area contributed by atoms with Gasteiger partial charge >= 0.3 is 11.7 Å². The second-order valence-corrected chi connectivity index (χ2v) is 4.18. The molecule has 8 heteroatoms. The van der Waals surface area contributed by atoms with Gasteiger partial charge < -0.3 is 20.0 Å². The molecule has 3 N–H and O–H groups in total. The van der Waals surface area contributed by atoms with Crippen LogP contribution in [0.15, 0.2) is 22.4 Å². The Labute approximate surface area is 105 Å². The Kier molecular flexibility index (Phi) is 3.28. The van der Waals surface area contributed by atoms with Crippen molar-refractivity contribution in [1.82, 2.24) is 9.97 Å². The minimum Gasteiger partial charge on any atom is -0.465 e. The lowest BCUT2D eigenvalue weighted by molar-refractivity contribution is 0.0607. The van der Waals surface area contributed by atoms with Crippen LogP contribution in [0.5, 0.6) is 0 Å². The standard InChI is InChI=1S/C10H9N3O4S/c1-17-9(15)7-5(2-3-18-7)12-8(14)6-4-11-10(16)13-6/h2-4H,1H3,(H,12,14)(H2,11,13,16). The van der Waals surface area contributed by atoms with Crippen LogP contribution in [0.1, 0.15) is 20.2 Å². The van der Waals surface area contributed by atoms with Gasteiger partial charge in [0, 0.05) is 6.20 Å². The third kappa shape index (κ3) is 2.33. The zero-order valence-electron chi connectivity index (χ0n) is 9.27. The summed E-state index contributed by atoms with van der Waals surface area (Å²) in [7, 11) is 1.26. The number of imidazole rings is 1. The van der Waals surface area contributed by atoms with Gasteiger partial charge in [0.1, 0.15) is 10.6 Å². The summed E-state index contributed by atoms with van der Waals surface area (Å²) in [6, 6.07) is 1.58. The Morgan fingerprint density at radius 2 is 2.22 bits per heavy atom. The summed E-state index contributed by atoms with van der Waals surface area (Å²) in [6.07, 6.45) is 1.25. The highest BCUT2D eigenvalue weighted by Crippen LogP contribution is 2.23. The van der Waals surface area contributed by atoms with Crippen molar-refractivity contribution in [1.29, 1.82) is 0 Å². The van der Waals surface area contributed by atoms with E-state index < -0.39 is 17.6 Å². The molecule has 0 spiro atoms. The summed E-state index contributed by atoms with van der Waals surface area (Å²) in [5, 5.41) is 4.17. The van der Waals surface area contributed by atoms with Crippen molar-refractivity contribution in [2.24, 2.45) is 0 Å². The van der Waals surface area contributed by atoms with Gasteiger partial charge in [0.15, 0.2) is 0 Å². The summed E-state index contributed by atoms with van der Waals surface area (Å²) in [6.45, 7) is 0. The van der Waals surface area contributed by atoms with Crippen LogP contribution in [0.25, 0.3) is 0 Å². The predicted octanol–water partition coefficient (Wildman–Crippen LogP) is 0.803. The minimum absolute atomic E-state index is 0.0852. The molecule has 0 saturated carbocycles. The van der Waals surface area contributed by atoms with Gasteiger partial charge in [-0.2, -0.15) is 0 Å². The third-order valence-corrected chi connectivity index (χ3v) is 3.02. The lowest BCUT2D eigenvalue weighted by Crippen LogP contribution is -2.15. The number of anilines is 1. The molecule has 2 heterocycles. The van der Waals surface area contributed by atoms with Gasteiger partial charge in [0.25, 0.3) is 5.91 Å². The summed E-state index contributed by atoms with van der Waals surface area (Å²) >= 11 is 1.16. The molecule has 0 aliphatic rings. The zero-order chi connectivity index (χ0) is 13.1. The van der Waals surface area contributed by atoms with E-state index in [0.29, 0.717) is 10.6 Å². The maximum atomic E-state index is 11.7. The number of esters is 1. The molecule has 0 atom stereocenters. The summed E-state index contributed by atoms with van der Waals surface area (Å²) in [4.78, 5) is 38.9. The van der Waals surface area contributed by atoms with Crippen LogP contribution in [0.3, 0.4) is 0 Å². The van der Waals surface area contributed by atoms with Crippen molar-refractivity contribution in [3.63, 3.8) is 0 Å². The van der Waals surface area contributed by atoms with Crippen LogP contribution in [0, 0.1) is 0 Å². The van der Waals surface area contributed by atoms with Crippen LogP contribution in [0.4, 0.5) is 5.69 Å². The number of aromatic nitrogens is 2. The number of H-pyrrole nitrogens is 2. The van der Waals surface area contributed by atoms with E-state index >= 15 is 0 Å². The molecule has 7 nitrogen and oxygen atoms in total. The maximum Gasteiger partial charge on any atom is 0.350 e. The van der Waals surface area contributed by atoms with E-state index in [9.17, 15) is 14.4 Å². The Morgan fingerprint density at radius 3 is 2.83 bits per heavy atom.